The van der Waals surface area contributed by atoms with Crippen molar-refractivity contribution in [1.82, 2.24) is 0 Å². The minimum absolute atomic E-state index is 0.798. The molecule has 134 valence electrons. The van der Waals surface area contributed by atoms with Crippen molar-refractivity contribution < 1.29 is 26.6 Å². The molecule has 0 saturated heterocycles. The second kappa shape index (κ2) is 13.8. The molecular weight excluding hydrogens is 401 g/mol. The van der Waals surface area contributed by atoms with E-state index in [0.29, 0.717) is 0 Å². The quantitative estimate of drug-likeness (QED) is 0.221. The lowest BCUT2D eigenvalue weighted by Crippen LogP contribution is -2.43. The zero-order chi connectivity index (χ0) is 16.9. The van der Waals surface area contributed by atoms with Gasteiger partial charge in [0.25, 0.3) is 0 Å². The van der Waals surface area contributed by atoms with Crippen molar-refractivity contribution in [3.63, 3.8) is 0 Å². The van der Waals surface area contributed by atoms with Crippen LogP contribution in [-0.4, -0.2) is 71.8 Å². The second-order valence-electron chi connectivity index (χ2n) is 3.87. The Morgan fingerprint density at radius 1 is 0.545 bits per heavy atom. The summed E-state index contributed by atoms with van der Waals surface area (Å²) in [4.78, 5) is 0. The monoisotopic (exact) mass is 426 g/mol. The summed E-state index contributed by atoms with van der Waals surface area (Å²) in [5, 5.41) is 0. The molecule has 0 aromatic rings. The summed E-state index contributed by atoms with van der Waals surface area (Å²) in [6.07, 6.45) is 0. The van der Waals surface area contributed by atoms with Gasteiger partial charge in [0.05, 0.1) is 0 Å². The molecule has 0 spiro atoms. The van der Waals surface area contributed by atoms with Crippen LogP contribution in [-0.2, 0) is 26.6 Å². The van der Waals surface area contributed by atoms with E-state index in [2.05, 4.69) is 0 Å². The van der Waals surface area contributed by atoms with Gasteiger partial charge in [0.15, 0.2) is 0 Å². The van der Waals surface area contributed by atoms with Gasteiger partial charge in [-0.15, -0.1) is 0 Å². The molecule has 0 heterocycles. The largest absolute Gasteiger partial charge is 0.501 e. The van der Waals surface area contributed by atoms with Gasteiger partial charge in [-0.25, -0.2) is 0 Å². The Labute approximate surface area is 151 Å². The van der Waals surface area contributed by atoms with Crippen LogP contribution in [0.5, 0.6) is 0 Å². The Morgan fingerprint density at radius 3 is 1.05 bits per heavy atom. The van der Waals surface area contributed by atoms with Crippen molar-refractivity contribution in [2.24, 2.45) is 0 Å². The first kappa shape index (κ1) is 23.6. The molecular formula is C10H26O6S4Si2. The number of hydrogen-bond acceptors (Lipinski definition) is 10. The van der Waals surface area contributed by atoms with Gasteiger partial charge in [0.1, 0.15) is 0 Å². The Hall–Kier alpha value is 1.59. The molecule has 0 aliphatic carbocycles. The Bertz CT molecular complexity index is 229. The Balaban J connectivity index is 3.70. The van der Waals surface area contributed by atoms with Gasteiger partial charge < -0.3 is 26.6 Å². The number of rotatable bonds is 15. The first-order valence-electron chi connectivity index (χ1n) is 6.46. The SMILES string of the molecule is CO[Si](CCSSSSCC[Si](OC)(OC)OC)(OC)OC. The molecule has 0 rings (SSSR count). The van der Waals surface area contributed by atoms with Crippen molar-refractivity contribution >= 4 is 58.8 Å². The molecule has 0 bridgehead atoms. The summed E-state index contributed by atoms with van der Waals surface area (Å²) in [5.41, 5.74) is 0. The molecule has 0 saturated carbocycles. The van der Waals surface area contributed by atoms with E-state index in [1.807, 2.05) is 0 Å². The van der Waals surface area contributed by atoms with Crippen molar-refractivity contribution in [1.29, 1.82) is 0 Å². The topological polar surface area (TPSA) is 55.4 Å². The molecule has 0 N–H and O–H groups in total. The van der Waals surface area contributed by atoms with Gasteiger partial charge in [-0.3, -0.25) is 0 Å². The van der Waals surface area contributed by atoms with E-state index in [1.165, 1.54) is 0 Å². The van der Waals surface area contributed by atoms with Gasteiger partial charge in [-0.2, -0.15) is 0 Å². The lowest BCUT2D eigenvalue weighted by atomic mass is 11.0. The summed E-state index contributed by atoms with van der Waals surface area (Å²) in [7, 11) is 12.0. The molecule has 0 aromatic heterocycles. The first-order valence-corrected chi connectivity index (χ1v) is 15.5. The third kappa shape index (κ3) is 8.62. The maximum Gasteiger partial charge on any atom is 0.501 e. The van der Waals surface area contributed by atoms with Crippen LogP contribution < -0.4 is 0 Å². The molecule has 12 heteroatoms. The lowest BCUT2D eigenvalue weighted by Gasteiger charge is -2.24. The van der Waals surface area contributed by atoms with Gasteiger partial charge in [0, 0.05) is 66.3 Å². The minimum atomic E-state index is -2.43. The molecule has 0 fully saturated rings. The summed E-state index contributed by atoms with van der Waals surface area (Å²) in [6.45, 7) is 0. The molecule has 0 aromatic carbocycles. The lowest BCUT2D eigenvalue weighted by molar-refractivity contribution is 0.125. The number of hydrogen-bond donors (Lipinski definition) is 0. The fraction of sp³-hybridized carbons (Fsp3) is 1.00. The third-order valence-electron chi connectivity index (χ3n) is 2.97. The third-order valence-corrected chi connectivity index (χ3v) is 15.6. The summed E-state index contributed by atoms with van der Waals surface area (Å²) >= 11 is 0. The minimum Gasteiger partial charge on any atom is -0.377 e. The van der Waals surface area contributed by atoms with E-state index in [9.17, 15) is 0 Å². The molecule has 0 radical (unpaired) electrons. The summed E-state index contributed by atoms with van der Waals surface area (Å²) in [5.74, 6) is 1.85. The highest BCUT2D eigenvalue weighted by atomic mass is 33.7. The molecule has 0 amide bonds. The fourth-order valence-electron chi connectivity index (χ4n) is 1.55. The van der Waals surface area contributed by atoms with E-state index in [0.717, 1.165) is 23.6 Å². The molecule has 6 nitrogen and oxygen atoms in total. The molecule has 22 heavy (non-hydrogen) atoms. The zero-order valence-corrected chi connectivity index (χ0v) is 19.2. The van der Waals surface area contributed by atoms with E-state index in [1.54, 1.807) is 83.9 Å². The van der Waals surface area contributed by atoms with Gasteiger partial charge in [0.2, 0.25) is 0 Å². The van der Waals surface area contributed by atoms with Gasteiger partial charge in [-0.05, 0) is 19.7 Å². The van der Waals surface area contributed by atoms with Crippen LogP contribution >= 0.6 is 41.2 Å². The Kier molecular flexibility index (Phi) is 14.8. The fourth-order valence-corrected chi connectivity index (χ4v) is 12.9. The van der Waals surface area contributed by atoms with Crippen molar-refractivity contribution in [3.8, 4) is 0 Å². The highest BCUT2D eigenvalue weighted by molar-refractivity contribution is 9.26. The van der Waals surface area contributed by atoms with Crippen LogP contribution in [0, 0.1) is 0 Å². The van der Waals surface area contributed by atoms with E-state index in [4.69, 9.17) is 26.6 Å². The summed E-state index contributed by atoms with van der Waals surface area (Å²) < 4.78 is 32.3. The summed E-state index contributed by atoms with van der Waals surface area (Å²) in [6, 6.07) is 1.60. The van der Waals surface area contributed by atoms with Crippen LogP contribution in [0.4, 0.5) is 0 Å². The van der Waals surface area contributed by atoms with Crippen LogP contribution in [0.2, 0.25) is 12.1 Å². The van der Waals surface area contributed by atoms with Crippen LogP contribution in [0.15, 0.2) is 0 Å². The highest BCUT2D eigenvalue weighted by Crippen LogP contribution is 2.44. The predicted octanol–water partition coefficient (Wildman–Crippen LogP) is 3.42. The van der Waals surface area contributed by atoms with Gasteiger partial charge in [-0.1, -0.05) is 21.6 Å². The molecule has 0 unspecified atom stereocenters. The molecule has 0 aliphatic rings. The molecule has 0 aliphatic heterocycles. The van der Waals surface area contributed by atoms with E-state index >= 15 is 0 Å². The zero-order valence-electron chi connectivity index (χ0n) is 13.9. The van der Waals surface area contributed by atoms with Crippen molar-refractivity contribution in [3.05, 3.63) is 0 Å². The predicted molar refractivity (Wildman–Crippen MR) is 103 cm³/mol. The smallest absolute Gasteiger partial charge is 0.377 e. The first-order chi connectivity index (χ1) is 10.6. The van der Waals surface area contributed by atoms with Gasteiger partial charge >= 0.3 is 17.6 Å². The highest BCUT2D eigenvalue weighted by Gasteiger charge is 2.38. The van der Waals surface area contributed by atoms with Crippen molar-refractivity contribution in [2.45, 2.75) is 12.1 Å². The van der Waals surface area contributed by atoms with Crippen LogP contribution in [0.3, 0.4) is 0 Å². The average molecular weight is 427 g/mol. The van der Waals surface area contributed by atoms with Crippen LogP contribution in [0.1, 0.15) is 0 Å². The van der Waals surface area contributed by atoms with Crippen LogP contribution in [0.25, 0.3) is 0 Å². The second-order valence-corrected chi connectivity index (χ2v) is 16.3. The molecule has 0 atom stereocenters. The maximum atomic E-state index is 5.38. The van der Waals surface area contributed by atoms with Crippen molar-refractivity contribution in [2.75, 3.05) is 54.2 Å². The Morgan fingerprint density at radius 2 is 0.818 bits per heavy atom. The average Bonchev–Trinajstić information content (AvgIpc) is 2.58. The van der Waals surface area contributed by atoms with E-state index < -0.39 is 17.6 Å². The van der Waals surface area contributed by atoms with E-state index in [-0.39, 0.29) is 0 Å². The standard InChI is InChI=1S/C10H26O6S4Si2/c1-11-21(12-2,13-3)9-7-17-19-20-18-8-10-22(14-4,15-5)16-6/h7-10H2,1-6H3. The normalized spacial score (nSPS) is 12.8. The maximum absolute atomic E-state index is 5.38.